The third-order valence-electron chi connectivity index (χ3n) is 8.77. The van der Waals surface area contributed by atoms with Gasteiger partial charge in [-0.3, -0.25) is 9.59 Å². The van der Waals surface area contributed by atoms with E-state index < -0.39 is 11.6 Å². The molecule has 0 bridgehead atoms. The third-order valence-corrected chi connectivity index (χ3v) is 8.77. The Balaban J connectivity index is 1.20. The fraction of sp³-hybridized carbons (Fsp3) is 0.270. The van der Waals surface area contributed by atoms with E-state index in [4.69, 9.17) is 18.9 Å². The molecular weight excluding hydrogens is 556 g/mol. The molecule has 0 aromatic heterocycles. The SMILES string of the molecule is Cc1ccc(COC(=O)Cc2ccc3c(c2)Oc2cc(CC(=O)C4CCOCC4)ccc2C32OC(=O)c3ccccc32)cc1. The molecule has 1 unspecified atom stereocenters. The zero-order valence-electron chi connectivity index (χ0n) is 24.5. The summed E-state index contributed by atoms with van der Waals surface area (Å²) in [6.07, 6.45) is 1.81. The minimum absolute atomic E-state index is 0.0104. The lowest BCUT2D eigenvalue weighted by molar-refractivity contribution is -0.144. The van der Waals surface area contributed by atoms with E-state index in [9.17, 15) is 14.4 Å². The quantitative estimate of drug-likeness (QED) is 0.231. The second-order valence-electron chi connectivity index (χ2n) is 11.7. The number of rotatable bonds is 7. The highest BCUT2D eigenvalue weighted by atomic mass is 16.6. The van der Waals surface area contributed by atoms with E-state index in [0.717, 1.165) is 35.1 Å². The van der Waals surface area contributed by atoms with Gasteiger partial charge in [0.25, 0.3) is 0 Å². The topological polar surface area (TPSA) is 88.1 Å². The highest BCUT2D eigenvalue weighted by molar-refractivity contribution is 5.97. The molecule has 44 heavy (non-hydrogen) atoms. The largest absolute Gasteiger partial charge is 0.461 e. The van der Waals surface area contributed by atoms with Crippen LogP contribution in [0.15, 0.2) is 84.9 Å². The molecule has 0 amide bonds. The maximum Gasteiger partial charge on any atom is 0.340 e. The number of Topliss-reactive ketones (excluding diaryl/α,β-unsaturated/α-hetero) is 1. The van der Waals surface area contributed by atoms with Crippen LogP contribution in [-0.2, 0) is 48.8 Å². The molecule has 1 atom stereocenters. The second kappa shape index (κ2) is 11.4. The highest BCUT2D eigenvalue weighted by Crippen LogP contribution is 2.56. The van der Waals surface area contributed by atoms with E-state index >= 15 is 0 Å². The number of ketones is 1. The van der Waals surface area contributed by atoms with E-state index in [0.29, 0.717) is 47.0 Å². The van der Waals surface area contributed by atoms with Gasteiger partial charge < -0.3 is 18.9 Å². The Bertz CT molecular complexity index is 1770. The molecule has 3 aliphatic heterocycles. The predicted octanol–water partition coefficient (Wildman–Crippen LogP) is 6.39. The molecule has 3 aliphatic rings. The van der Waals surface area contributed by atoms with Crippen molar-refractivity contribution in [3.05, 3.63) is 129 Å². The molecule has 0 N–H and O–H groups in total. The van der Waals surface area contributed by atoms with Gasteiger partial charge in [0.1, 0.15) is 23.9 Å². The molecule has 0 saturated carbocycles. The van der Waals surface area contributed by atoms with E-state index in [1.807, 2.05) is 85.8 Å². The van der Waals surface area contributed by atoms with Gasteiger partial charge in [0.05, 0.1) is 12.0 Å². The van der Waals surface area contributed by atoms with Crippen LogP contribution in [0.4, 0.5) is 0 Å². The lowest BCUT2D eigenvalue weighted by Gasteiger charge is -2.37. The van der Waals surface area contributed by atoms with Crippen LogP contribution in [0, 0.1) is 12.8 Å². The average Bonchev–Trinajstić information content (AvgIpc) is 3.33. The molecular formula is C37H32O7. The molecule has 1 saturated heterocycles. The van der Waals surface area contributed by atoms with E-state index in [1.165, 1.54) is 0 Å². The van der Waals surface area contributed by atoms with Crippen molar-refractivity contribution in [2.24, 2.45) is 5.92 Å². The molecule has 0 aliphatic carbocycles. The number of ether oxygens (including phenoxy) is 4. The van der Waals surface area contributed by atoms with Crippen LogP contribution in [0.3, 0.4) is 0 Å². The lowest BCUT2D eigenvalue weighted by Crippen LogP contribution is -2.33. The summed E-state index contributed by atoms with van der Waals surface area (Å²) >= 11 is 0. The number of hydrogen-bond acceptors (Lipinski definition) is 7. The van der Waals surface area contributed by atoms with Crippen LogP contribution >= 0.6 is 0 Å². The summed E-state index contributed by atoms with van der Waals surface area (Å²) in [5.74, 6) is 0.397. The van der Waals surface area contributed by atoms with Gasteiger partial charge in [0.15, 0.2) is 5.60 Å². The monoisotopic (exact) mass is 588 g/mol. The van der Waals surface area contributed by atoms with Crippen molar-refractivity contribution >= 4 is 17.7 Å². The molecule has 7 nitrogen and oxygen atoms in total. The van der Waals surface area contributed by atoms with Gasteiger partial charge in [0.2, 0.25) is 0 Å². The first-order chi connectivity index (χ1) is 21.4. The summed E-state index contributed by atoms with van der Waals surface area (Å²) < 4.78 is 23.7. The maximum atomic E-state index is 13.2. The third kappa shape index (κ3) is 5.07. The molecule has 1 fully saturated rings. The van der Waals surface area contributed by atoms with Crippen molar-refractivity contribution in [3.8, 4) is 11.5 Å². The minimum Gasteiger partial charge on any atom is -0.461 e. The first-order valence-electron chi connectivity index (χ1n) is 15.0. The molecule has 1 spiro atoms. The van der Waals surface area contributed by atoms with E-state index in [1.54, 1.807) is 6.07 Å². The first kappa shape index (κ1) is 28.0. The summed E-state index contributed by atoms with van der Waals surface area (Å²) in [7, 11) is 0. The first-order valence-corrected chi connectivity index (χ1v) is 15.0. The van der Waals surface area contributed by atoms with Gasteiger partial charge in [-0.2, -0.15) is 0 Å². The fourth-order valence-electron chi connectivity index (χ4n) is 6.42. The predicted molar refractivity (Wildman–Crippen MR) is 162 cm³/mol. The van der Waals surface area contributed by atoms with Crippen LogP contribution in [0.5, 0.6) is 11.5 Å². The minimum atomic E-state index is -1.22. The van der Waals surface area contributed by atoms with Crippen molar-refractivity contribution in [3.63, 3.8) is 0 Å². The number of hydrogen-bond donors (Lipinski definition) is 0. The summed E-state index contributed by atoms with van der Waals surface area (Å²) in [5, 5.41) is 0. The standard InChI is InChI=1S/C37H32O7/c1-23-6-8-24(9-7-23)22-42-35(39)21-26-11-13-31-34(20-26)43-33-19-25(18-32(38)27-14-16-41-17-15-27)10-12-30(33)37(31)29-5-3-2-4-28(29)36(40)44-37/h2-13,19-20,27H,14-18,21-22H2,1H3. The van der Waals surface area contributed by atoms with Crippen molar-refractivity contribution < 1.29 is 33.3 Å². The van der Waals surface area contributed by atoms with Crippen molar-refractivity contribution in [1.82, 2.24) is 0 Å². The summed E-state index contributed by atoms with van der Waals surface area (Å²) in [6.45, 7) is 3.42. The second-order valence-corrected chi connectivity index (χ2v) is 11.7. The zero-order valence-corrected chi connectivity index (χ0v) is 24.5. The summed E-state index contributed by atoms with van der Waals surface area (Å²) in [6, 6.07) is 26.4. The van der Waals surface area contributed by atoms with E-state index in [-0.39, 0.29) is 37.1 Å². The van der Waals surface area contributed by atoms with Gasteiger partial charge in [-0.05, 0) is 54.7 Å². The smallest absolute Gasteiger partial charge is 0.340 e. The molecule has 7 rings (SSSR count). The Morgan fingerprint density at radius 1 is 0.795 bits per heavy atom. The van der Waals surface area contributed by atoms with Crippen molar-refractivity contribution in [2.75, 3.05) is 13.2 Å². The average molecular weight is 589 g/mol. The van der Waals surface area contributed by atoms with Crippen molar-refractivity contribution in [2.45, 2.75) is 44.8 Å². The number of aryl methyl sites for hydroxylation is 1. The Morgan fingerprint density at radius 2 is 1.43 bits per heavy atom. The van der Waals surface area contributed by atoms with Crippen LogP contribution in [-0.4, -0.2) is 30.9 Å². The van der Waals surface area contributed by atoms with Crippen molar-refractivity contribution in [1.29, 1.82) is 0 Å². The maximum absolute atomic E-state index is 13.2. The summed E-state index contributed by atoms with van der Waals surface area (Å²) in [5.41, 5.74) is 4.96. The molecule has 7 heteroatoms. The van der Waals surface area contributed by atoms with Gasteiger partial charge in [-0.15, -0.1) is 0 Å². The molecule has 0 radical (unpaired) electrons. The van der Waals surface area contributed by atoms with Crippen LogP contribution in [0.1, 0.15) is 62.1 Å². The number of carbonyl (C=O) groups is 3. The van der Waals surface area contributed by atoms with Crippen LogP contribution in [0.2, 0.25) is 0 Å². The van der Waals surface area contributed by atoms with E-state index in [2.05, 4.69) is 0 Å². The molecule has 4 aromatic rings. The Morgan fingerprint density at radius 3 is 2.14 bits per heavy atom. The Kier molecular flexibility index (Phi) is 7.26. The highest BCUT2D eigenvalue weighted by Gasteiger charge is 2.53. The van der Waals surface area contributed by atoms with Gasteiger partial charge in [0, 0.05) is 42.2 Å². The molecule has 222 valence electrons. The van der Waals surface area contributed by atoms with Gasteiger partial charge >= 0.3 is 11.9 Å². The number of esters is 2. The normalized spacial score (nSPS) is 18.5. The molecule has 4 aromatic carbocycles. The number of carbonyl (C=O) groups excluding carboxylic acids is 3. The zero-order chi connectivity index (χ0) is 30.3. The van der Waals surface area contributed by atoms with Crippen LogP contribution in [0.25, 0.3) is 0 Å². The fourth-order valence-corrected chi connectivity index (χ4v) is 6.42. The lowest BCUT2D eigenvalue weighted by atomic mass is 9.77. The van der Waals surface area contributed by atoms with Crippen LogP contribution < -0.4 is 4.74 Å². The van der Waals surface area contributed by atoms with Gasteiger partial charge in [-0.1, -0.05) is 72.3 Å². The number of benzene rings is 4. The summed E-state index contributed by atoms with van der Waals surface area (Å²) in [4.78, 5) is 39.1. The molecule has 3 heterocycles. The van der Waals surface area contributed by atoms with Gasteiger partial charge in [-0.25, -0.2) is 4.79 Å². The Labute approximate surface area is 255 Å². The Hall–Kier alpha value is -4.75. The number of fused-ring (bicyclic) bond motifs is 6.